The van der Waals surface area contributed by atoms with E-state index in [0.29, 0.717) is 6.04 Å². The molecule has 2 nitrogen and oxygen atoms in total. The first-order valence-corrected chi connectivity index (χ1v) is 4.57. The fourth-order valence-electron chi connectivity index (χ4n) is 1.76. The van der Waals surface area contributed by atoms with Crippen molar-refractivity contribution in [1.29, 1.82) is 0 Å². The van der Waals surface area contributed by atoms with Crippen molar-refractivity contribution < 1.29 is 0 Å². The zero-order valence-corrected chi connectivity index (χ0v) is 7.96. The normalized spacial score (nSPS) is 21.8. The fraction of sp³-hybridized carbons (Fsp3) is 0.273. The molecule has 1 unspecified atom stereocenters. The van der Waals surface area contributed by atoms with Crippen molar-refractivity contribution in [1.82, 2.24) is 10.9 Å². The third kappa shape index (κ3) is 1.45. The van der Waals surface area contributed by atoms with E-state index in [2.05, 4.69) is 49.0 Å². The third-order valence-corrected chi connectivity index (χ3v) is 2.40. The Bertz CT molecular complexity index is 327. The Balaban J connectivity index is 2.41. The molecule has 13 heavy (non-hydrogen) atoms. The summed E-state index contributed by atoms with van der Waals surface area (Å²) in [5.74, 6) is 0. The molecule has 1 atom stereocenters. The Hall–Kier alpha value is -1.28. The van der Waals surface area contributed by atoms with E-state index in [0.717, 1.165) is 0 Å². The maximum absolute atomic E-state index is 3.19. The molecule has 1 heterocycles. The van der Waals surface area contributed by atoms with Crippen LogP contribution in [0.15, 0.2) is 36.0 Å². The van der Waals surface area contributed by atoms with Gasteiger partial charge in [-0.2, -0.15) is 0 Å². The van der Waals surface area contributed by atoms with Crippen LogP contribution in [0.25, 0.3) is 5.57 Å². The highest BCUT2D eigenvalue weighted by molar-refractivity contribution is 5.73. The van der Waals surface area contributed by atoms with Crippen molar-refractivity contribution in [2.24, 2.45) is 0 Å². The minimum atomic E-state index is 0.391. The maximum Gasteiger partial charge on any atom is 0.0505 e. The molecular weight excluding hydrogens is 160 g/mol. The summed E-state index contributed by atoms with van der Waals surface area (Å²) >= 11 is 0. The van der Waals surface area contributed by atoms with Crippen LogP contribution in [0.1, 0.15) is 19.4 Å². The zero-order valence-electron chi connectivity index (χ0n) is 7.96. The lowest BCUT2D eigenvalue weighted by Gasteiger charge is -2.08. The van der Waals surface area contributed by atoms with Crippen LogP contribution < -0.4 is 10.9 Å². The van der Waals surface area contributed by atoms with Crippen molar-refractivity contribution in [3.8, 4) is 0 Å². The number of allylic oxidation sites excluding steroid dienone is 1. The van der Waals surface area contributed by atoms with E-state index in [9.17, 15) is 0 Å². The second-order valence-electron chi connectivity index (χ2n) is 3.40. The summed E-state index contributed by atoms with van der Waals surface area (Å²) in [5.41, 5.74) is 10.2. The molecular formula is C11H14N2. The lowest BCUT2D eigenvalue weighted by molar-refractivity contribution is 0.612. The molecule has 0 saturated heterocycles. The van der Waals surface area contributed by atoms with E-state index in [1.165, 1.54) is 16.8 Å². The van der Waals surface area contributed by atoms with Crippen molar-refractivity contribution in [2.45, 2.75) is 19.9 Å². The van der Waals surface area contributed by atoms with Gasteiger partial charge in [-0.15, -0.1) is 0 Å². The van der Waals surface area contributed by atoms with E-state index in [1.807, 2.05) is 6.07 Å². The van der Waals surface area contributed by atoms with Gasteiger partial charge in [0.15, 0.2) is 0 Å². The topological polar surface area (TPSA) is 24.1 Å². The van der Waals surface area contributed by atoms with Gasteiger partial charge in [-0.05, 0) is 25.0 Å². The summed E-state index contributed by atoms with van der Waals surface area (Å²) in [6.45, 7) is 4.25. The Morgan fingerprint density at radius 2 is 1.85 bits per heavy atom. The molecule has 1 aliphatic heterocycles. The molecule has 0 amide bonds. The average molecular weight is 174 g/mol. The van der Waals surface area contributed by atoms with Gasteiger partial charge in [0.2, 0.25) is 0 Å². The van der Waals surface area contributed by atoms with Crippen molar-refractivity contribution in [2.75, 3.05) is 0 Å². The van der Waals surface area contributed by atoms with Gasteiger partial charge in [0.25, 0.3) is 0 Å². The van der Waals surface area contributed by atoms with E-state index < -0.39 is 0 Å². The summed E-state index contributed by atoms with van der Waals surface area (Å²) in [4.78, 5) is 0. The summed E-state index contributed by atoms with van der Waals surface area (Å²) in [7, 11) is 0. The first kappa shape index (κ1) is 8.32. The second-order valence-corrected chi connectivity index (χ2v) is 3.40. The molecule has 0 aromatic heterocycles. The van der Waals surface area contributed by atoms with Crippen molar-refractivity contribution >= 4 is 5.57 Å². The largest absolute Gasteiger partial charge is 0.325 e. The highest BCUT2D eigenvalue weighted by atomic mass is 15.4. The molecule has 2 rings (SSSR count). The minimum Gasteiger partial charge on any atom is -0.325 e. The first-order valence-electron chi connectivity index (χ1n) is 4.57. The number of hydrogen-bond donors (Lipinski definition) is 2. The molecule has 0 radical (unpaired) electrons. The van der Waals surface area contributed by atoms with Crippen molar-refractivity contribution in [3.63, 3.8) is 0 Å². The second kappa shape index (κ2) is 3.23. The zero-order chi connectivity index (χ0) is 9.26. The number of benzene rings is 1. The van der Waals surface area contributed by atoms with E-state index in [-0.39, 0.29) is 0 Å². The van der Waals surface area contributed by atoms with E-state index >= 15 is 0 Å². The monoisotopic (exact) mass is 174 g/mol. The van der Waals surface area contributed by atoms with Gasteiger partial charge in [-0.3, -0.25) is 0 Å². The summed E-state index contributed by atoms with van der Waals surface area (Å²) < 4.78 is 0. The molecule has 2 N–H and O–H groups in total. The predicted octanol–water partition coefficient (Wildman–Crippen LogP) is 1.91. The van der Waals surface area contributed by atoms with Crippen LogP contribution in [-0.2, 0) is 0 Å². The Morgan fingerprint density at radius 1 is 1.15 bits per heavy atom. The smallest absolute Gasteiger partial charge is 0.0505 e. The Morgan fingerprint density at radius 3 is 2.38 bits per heavy atom. The Labute approximate surface area is 78.6 Å². The summed E-state index contributed by atoms with van der Waals surface area (Å²) in [6.07, 6.45) is 0. The first-order chi connectivity index (χ1) is 6.29. The van der Waals surface area contributed by atoms with E-state index in [1.54, 1.807) is 0 Å². The molecule has 1 aromatic carbocycles. The molecule has 0 bridgehead atoms. The fourth-order valence-corrected chi connectivity index (χ4v) is 1.76. The van der Waals surface area contributed by atoms with Crippen molar-refractivity contribution in [3.05, 3.63) is 41.6 Å². The van der Waals surface area contributed by atoms with Crippen LogP contribution in [0.3, 0.4) is 0 Å². The number of hydrazine groups is 1. The van der Waals surface area contributed by atoms with Crippen LogP contribution in [0.2, 0.25) is 0 Å². The lowest BCUT2D eigenvalue weighted by atomic mass is 10.00. The highest BCUT2D eigenvalue weighted by Gasteiger charge is 2.18. The van der Waals surface area contributed by atoms with Gasteiger partial charge in [0.1, 0.15) is 0 Å². The quantitative estimate of drug-likeness (QED) is 0.679. The maximum atomic E-state index is 3.19. The predicted molar refractivity (Wildman–Crippen MR) is 54.8 cm³/mol. The van der Waals surface area contributed by atoms with Crippen LogP contribution in [0, 0.1) is 0 Å². The molecule has 0 spiro atoms. The van der Waals surface area contributed by atoms with Gasteiger partial charge in [-0.1, -0.05) is 30.3 Å². The highest BCUT2D eigenvalue weighted by Crippen LogP contribution is 2.23. The van der Waals surface area contributed by atoms with Gasteiger partial charge < -0.3 is 5.43 Å². The minimum absolute atomic E-state index is 0.391. The van der Waals surface area contributed by atoms with Gasteiger partial charge in [-0.25, -0.2) is 5.43 Å². The molecule has 0 saturated carbocycles. The van der Waals surface area contributed by atoms with Gasteiger partial charge >= 0.3 is 0 Å². The number of hydrogen-bond acceptors (Lipinski definition) is 2. The van der Waals surface area contributed by atoms with Gasteiger partial charge in [0, 0.05) is 5.70 Å². The molecule has 1 aromatic rings. The van der Waals surface area contributed by atoms with Crippen LogP contribution >= 0.6 is 0 Å². The Kier molecular flexibility index (Phi) is 2.07. The average Bonchev–Trinajstić information content (AvgIpc) is 2.48. The van der Waals surface area contributed by atoms with Crippen LogP contribution in [-0.4, -0.2) is 6.04 Å². The van der Waals surface area contributed by atoms with Crippen LogP contribution in [0.5, 0.6) is 0 Å². The molecule has 68 valence electrons. The van der Waals surface area contributed by atoms with E-state index in [4.69, 9.17) is 0 Å². The SMILES string of the molecule is CC1=C(c2ccccc2)C(C)NN1. The summed E-state index contributed by atoms with van der Waals surface area (Å²) in [5, 5.41) is 0. The molecule has 0 fully saturated rings. The van der Waals surface area contributed by atoms with Gasteiger partial charge in [0.05, 0.1) is 6.04 Å². The number of rotatable bonds is 1. The summed E-state index contributed by atoms with van der Waals surface area (Å²) in [6, 6.07) is 10.9. The van der Waals surface area contributed by atoms with Crippen LogP contribution in [0.4, 0.5) is 0 Å². The third-order valence-electron chi connectivity index (χ3n) is 2.40. The number of nitrogens with one attached hydrogen (secondary N) is 2. The molecule has 2 heteroatoms. The lowest BCUT2D eigenvalue weighted by Crippen LogP contribution is -2.29. The molecule has 0 aliphatic carbocycles. The standard InChI is InChI=1S/C11H14N2/c1-8-11(9(2)13-12-8)10-6-4-3-5-7-10/h3-8,12-13H,1-2H3. The molecule has 1 aliphatic rings.